The minimum absolute atomic E-state index is 0.117. The van der Waals surface area contributed by atoms with Crippen LogP contribution in [0.4, 0.5) is 0 Å². The normalized spacial score (nSPS) is 24.3. The number of aliphatic hydroxyl groups is 1. The molecule has 2 aliphatic rings. The van der Waals surface area contributed by atoms with Gasteiger partial charge in [0.25, 0.3) is 6.47 Å². The Morgan fingerprint density at radius 3 is 2.69 bits per heavy atom. The summed E-state index contributed by atoms with van der Waals surface area (Å²) in [5.41, 5.74) is 1.44. The largest absolute Gasteiger partial charge is 0.493 e. The maximum absolute atomic E-state index is 10.6. The van der Waals surface area contributed by atoms with Gasteiger partial charge in [0.15, 0.2) is 0 Å². The Labute approximate surface area is 173 Å². The maximum atomic E-state index is 10.6. The smallest absolute Gasteiger partial charge is 0.290 e. The molecule has 29 heavy (non-hydrogen) atoms. The van der Waals surface area contributed by atoms with Crippen molar-refractivity contribution in [1.29, 1.82) is 0 Å². The first-order valence-electron chi connectivity index (χ1n) is 10.7. The molecule has 5 heteroatoms. The van der Waals surface area contributed by atoms with E-state index in [0.717, 1.165) is 44.8 Å². The summed E-state index contributed by atoms with van der Waals surface area (Å²) >= 11 is 0. The van der Waals surface area contributed by atoms with E-state index >= 15 is 0 Å². The number of nitrogens with zero attached hydrogens (tertiary/aromatic N) is 1. The fraction of sp³-hybridized carbons (Fsp3) is 0.542. The summed E-state index contributed by atoms with van der Waals surface area (Å²) in [6.45, 7) is 5.70. The third-order valence-corrected chi connectivity index (χ3v) is 6.39. The van der Waals surface area contributed by atoms with E-state index in [-0.39, 0.29) is 18.0 Å². The standard InChI is InChI=1S/C23H31NO2.CH2O2/c1-2-15-26-21-11-10-18-7-3-4-8-19(18)20(21)16-24-14-6-13-23(17-24)12-5-9-22(23)25;2-1-3/h3-4,7-8,10-11,22,25H,2,5-6,9,12-17H2,1H3;1H,(H,2,3)/t22-,23-;/m1./s1. The predicted octanol–water partition coefficient (Wildman–Crippen LogP) is 4.46. The third kappa shape index (κ3) is 4.90. The molecule has 1 aliphatic heterocycles. The highest BCUT2D eigenvalue weighted by atomic mass is 16.5. The van der Waals surface area contributed by atoms with Gasteiger partial charge in [0.05, 0.1) is 12.7 Å². The Kier molecular flexibility index (Phi) is 7.51. The van der Waals surface area contributed by atoms with Gasteiger partial charge in [0.1, 0.15) is 5.75 Å². The molecule has 1 aliphatic carbocycles. The molecule has 2 N–H and O–H groups in total. The molecule has 1 spiro atoms. The van der Waals surface area contributed by atoms with Crippen molar-refractivity contribution >= 4 is 17.2 Å². The molecule has 1 saturated heterocycles. The Bertz CT molecular complexity index is 809. The Balaban J connectivity index is 0.000000755. The van der Waals surface area contributed by atoms with Crippen LogP contribution in [0.2, 0.25) is 0 Å². The van der Waals surface area contributed by atoms with Gasteiger partial charge < -0.3 is 14.9 Å². The van der Waals surface area contributed by atoms with E-state index in [4.69, 9.17) is 14.6 Å². The van der Waals surface area contributed by atoms with E-state index in [1.54, 1.807) is 0 Å². The van der Waals surface area contributed by atoms with Gasteiger partial charge in [0.2, 0.25) is 0 Å². The number of fused-ring (bicyclic) bond motifs is 1. The van der Waals surface area contributed by atoms with Gasteiger partial charge in [-0.05, 0) is 55.5 Å². The van der Waals surface area contributed by atoms with Crippen molar-refractivity contribution < 1.29 is 19.7 Å². The molecule has 2 aromatic rings. The molecule has 0 unspecified atom stereocenters. The molecule has 2 fully saturated rings. The van der Waals surface area contributed by atoms with Gasteiger partial charge in [-0.1, -0.05) is 43.7 Å². The maximum Gasteiger partial charge on any atom is 0.290 e. The number of hydrogen-bond acceptors (Lipinski definition) is 4. The van der Waals surface area contributed by atoms with Crippen molar-refractivity contribution in [2.75, 3.05) is 19.7 Å². The predicted molar refractivity (Wildman–Crippen MR) is 115 cm³/mol. The number of piperidine rings is 1. The van der Waals surface area contributed by atoms with Crippen molar-refractivity contribution in [2.45, 2.75) is 58.1 Å². The number of hydrogen-bond donors (Lipinski definition) is 2. The zero-order valence-corrected chi connectivity index (χ0v) is 17.3. The summed E-state index contributed by atoms with van der Waals surface area (Å²) < 4.78 is 6.10. The van der Waals surface area contributed by atoms with E-state index < -0.39 is 0 Å². The monoisotopic (exact) mass is 399 g/mol. The number of ether oxygens (including phenoxy) is 1. The molecule has 0 bridgehead atoms. The lowest BCUT2D eigenvalue weighted by atomic mass is 9.76. The average molecular weight is 400 g/mol. The molecule has 2 aromatic carbocycles. The lowest BCUT2D eigenvalue weighted by molar-refractivity contribution is -0.122. The van der Waals surface area contributed by atoms with Crippen LogP contribution in [0.15, 0.2) is 36.4 Å². The van der Waals surface area contributed by atoms with E-state index in [0.29, 0.717) is 0 Å². The van der Waals surface area contributed by atoms with Crippen molar-refractivity contribution in [3.05, 3.63) is 42.0 Å². The molecule has 4 rings (SSSR count). The Morgan fingerprint density at radius 1 is 1.21 bits per heavy atom. The highest BCUT2D eigenvalue weighted by molar-refractivity contribution is 5.87. The number of benzene rings is 2. The van der Waals surface area contributed by atoms with Crippen LogP contribution >= 0.6 is 0 Å². The quantitative estimate of drug-likeness (QED) is 0.727. The fourth-order valence-electron chi connectivity index (χ4n) is 5.04. The van der Waals surface area contributed by atoms with Crippen LogP contribution in [-0.2, 0) is 11.3 Å². The SMILES string of the molecule is CCCOc1ccc2ccccc2c1CN1CCC[C@]2(CCC[C@H]2O)C1.O=CO. The van der Waals surface area contributed by atoms with Gasteiger partial charge in [-0.2, -0.15) is 0 Å². The van der Waals surface area contributed by atoms with Crippen molar-refractivity contribution in [3.63, 3.8) is 0 Å². The van der Waals surface area contributed by atoms with Crippen LogP contribution in [0.1, 0.15) is 51.0 Å². The molecule has 5 nitrogen and oxygen atoms in total. The molecule has 158 valence electrons. The second-order valence-electron chi connectivity index (χ2n) is 8.30. The van der Waals surface area contributed by atoms with E-state index in [9.17, 15) is 5.11 Å². The topological polar surface area (TPSA) is 70.0 Å². The lowest BCUT2D eigenvalue weighted by Gasteiger charge is -2.42. The summed E-state index contributed by atoms with van der Waals surface area (Å²) in [6.07, 6.45) is 6.60. The fourth-order valence-corrected chi connectivity index (χ4v) is 5.04. The summed E-state index contributed by atoms with van der Waals surface area (Å²) in [7, 11) is 0. The van der Waals surface area contributed by atoms with Crippen molar-refractivity contribution in [1.82, 2.24) is 4.90 Å². The number of carbonyl (C=O) groups is 1. The van der Waals surface area contributed by atoms with E-state index in [1.165, 1.54) is 42.0 Å². The van der Waals surface area contributed by atoms with Crippen molar-refractivity contribution in [2.24, 2.45) is 5.41 Å². The molecule has 2 atom stereocenters. The first-order chi connectivity index (χ1) is 14.1. The van der Waals surface area contributed by atoms with Crippen LogP contribution in [0.25, 0.3) is 10.8 Å². The van der Waals surface area contributed by atoms with Gasteiger partial charge in [-0.25, -0.2) is 0 Å². The second kappa shape index (κ2) is 10.1. The molecule has 0 amide bonds. The molecule has 0 aromatic heterocycles. The third-order valence-electron chi connectivity index (χ3n) is 6.39. The Morgan fingerprint density at radius 2 is 1.97 bits per heavy atom. The minimum atomic E-state index is -0.250. The molecule has 1 saturated carbocycles. The van der Waals surface area contributed by atoms with Crippen LogP contribution in [0, 0.1) is 5.41 Å². The van der Waals surface area contributed by atoms with E-state index in [2.05, 4.69) is 48.2 Å². The van der Waals surface area contributed by atoms with Crippen LogP contribution in [0.3, 0.4) is 0 Å². The Hall–Kier alpha value is -2.11. The highest BCUT2D eigenvalue weighted by Gasteiger charge is 2.44. The molecular weight excluding hydrogens is 366 g/mol. The zero-order valence-electron chi connectivity index (χ0n) is 17.3. The molecule has 0 radical (unpaired) electrons. The molecular formula is C24H33NO4. The van der Waals surface area contributed by atoms with Gasteiger partial charge in [-0.3, -0.25) is 9.69 Å². The van der Waals surface area contributed by atoms with Gasteiger partial charge >= 0.3 is 0 Å². The summed E-state index contributed by atoms with van der Waals surface area (Å²) in [6, 6.07) is 12.9. The lowest BCUT2D eigenvalue weighted by Crippen LogP contribution is -2.46. The average Bonchev–Trinajstić information content (AvgIpc) is 3.07. The summed E-state index contributed by atoms with van der Waals surface area (Å²) in [5.74, 6) is 1.03. The number of carboxylic acid groups (broad SMARTS) is 1. The van der Waals surface area contributed by atoms with Crippen molar-refractivity contribution in [3.8, 4) is 5.75 Å². The van der Waals surface area contributed by atoms with E-state index in [1.807, 2.05) is 0 Å². The second-order valence-corrected chi connectivity index (χ2v) is 8.30. The van der Waals surface area contributed by atoms with Crippen LogP contribution in [-0.4, -0.2) is 47.4 Å². The number of aliphatic hydroxyl groups excluding tert-OH is 1. The summed E-state index contributed by atoms with van der Waals surface area (Å²) in [5, 5.41) is 20.0. The summed E-state index contributed by atoms with van der Waals surface area (Å²) in [4.78, 5) is 10.9. The number of likely N-dealkylation sites (tertiary alicyclic amines) is 1. The first kappa shape index (κ1) is 21.6. The van der Waals surface area contributed by atoms with Crippen LogP contribution in [0.5, 0.6) is 5.75 Å². The van der Waals surface area contributed by atoms with Crippen LogP contribution < -0.4 is 4.74 Å². The van der Waals surface area contributed by atoms with Gasteiger partial charge in [-0.15, -0.1) is 0 Å². The highest BCUT2D eigenvalue weighted by Crippen LogP contribution is 2.45. The zero-order chi connectivity index (χ0) is 20.7. The first-order valence-corrected chi connectivity index (χ1v) is 10.7. The number of rotatable bonds is 5. The molecule has 1 heterocycles. The minimum Gasteiger partial charge on any atom is -0.493 e. The van der Waals surface area contributed by atoms with Gasteiger partial charge in [0, 0.05) is 24.1 Å².